The SMILES string of the molecule is COc1ccc(/C(=C/Br)N2C(=O)c3ccccc3C2=O)cc1. The fourth-order valence-electron chi connectivity index (χ4n) is 2.41. The maximum atomic E-state index is 12.5. The van der Waals surface area contributed by atoms with E-state index in [0.29, 0.717) is 22.6 Å². The van der Waals surface area contributed by atoms with Gasteiger partial charge in [-0.15, -0.1) is 0 Å². The number of imide groups is 1. The molecule has 1 heterocycles. The van der Waals surface area contributed by atoms with E-state index in [4.69, 9.17) is 4.74 Å². The van der Waals surface area contributed by atoms with Crippen molar-refractivity contribution in [3.8, 4) is 5.75 Å². The van der Waals surface area contributed by atoms with Crippen molar-refractivity contribution in [2.24, 2.45) is 0 Å². The van der Waals surface area contributed by atoms with Crippen LogP contribution < -0.4 is 4.74 Å². The molecule has 0 saturated carbocycles. The first kappa shape index (κ1) is 14.5. The molecule has 4 nitrogen and oxygen atoms in total. The summed E-state index contributed by atoms with van der Waals surface area (Å²) in [5.41, 5.74) is 2.08. The molecule has 0 radical (unpaired) electrons. The molecule has 3 rings (SSSR count). The molecule has 0 unspecified atom stereocenters. The zero-order valence-electron chi connectivity index (χ0n) is 11.7. The summed E-state index contributed by atoms with van der Waals surface area (Å²) in [6, 6.07) is 14.0. The Morgan fingerprint density at radius 3 is 2.00 bits per heavy atom. The van der Waals surface area contributed by atoms with Crippen molar-refractivity contribution in [2.75, 3.05) is 7.11 Å². The molecule has 0 N–H and O–H groups in total. The average molecular weight is 358 g/mol. The van der Waals surface area contributed by atoms with Crippen LogP contribution in [0.2, 0.25) is 0 Å². The minimum Gasteiger partial charge on any atom is -0.497 e. The number of amides is 2. The third-order valence-corrected chi connectivity index (χ3v) is 3.96. The van der Waals surface area contributed by atoms with Gasteiger partial charge in [0.2, 0.25) is 0 Å². The molecule has 1 aliphatic rings. The van der Waals surface area contributed by atoms with Gasteiger partial charge in [0.1, 0.15) is 5.75 Å². The van der Waals surface area contributed by atoms with Crippen LogP contribution >= 0.6 is 15.9 Å². The molecule has 1 aliphatic heterocycles. The van der Waals surface area contributed by atoms with Crippen LogP contribution in [0.1, 0.15) is 26.3 Å². The third-order valence-electron chi connectivity index (χ3n) is 3.52. The summed E-state index contributed by atoms with van der Waals surface area (Å²) in [6.07, 6.45) is 0. The minimum atomic E-state index is -0.317. The third kappa shape index (κ3) is 2.23. The van der Waals surface area contributed by atoms with Gasteiger partial charge in [-0.2, -0.15) is 0 Å². The molecular weight excluding hydrogens is 346 g/mol. The normalized spacial score (nSPS) is 14.3. The zero-order valence-corrected chi connectivity index (χ0v) is 13.3. The number of halogens is 1. The van der Waals surface area contributed by atoms with E-state index >= 15 is 0 Å². The van der Waals surface area contributed by atoms with Gasteiger partial charge in [0.25, 0.3) is 11.8 Å². The summed E-state index contributed by atoms with van der Waals surface area (Å²) in [6.45, 7) is 0. The first-order chi connectivity index (χ1) is 10.7. The van der Waals surface area contributed by atoms with E-state index < -0.39 is 0 Å². The van der Waals surface area contributed by atoms with Gasteiger partial charge in [-0.1, -0.05) is 28.1 Å². The highest BCUT2D eigenvalue weighted by Crippen LogP contribution is 2.32. The van der Waals surface area contributed by atoms with E-state index in [-0.39, 0.29) is 11.8 Å². The highest BCUT2D eigenvalue weighted by Gasteiger charge is 2.37. The Morgan fingerprint density at radius 1 is 1.00 bits per heavy atom. The predicted octanol–water partition coefficient (Wildman–Crippen LogP) is 3.68. The number of hydrogen-bond donors (Lipinski definition) is 0. The van der Waals surface area contributed by atoms with Crippen molar-refractivity contribution in [1.29, 1.82) is 0 Å². The van der Waals surface area contributed by atoms with Crippen molar-refractivity contribution < 1.29 is 14.3 Å². The highest BCUT2D eigenvalue weighted by atomic mass is 79.9. The van der Waals surface area contributed by atoms with Crippen molar-refractivity contribution in [2.45, 2.75) is 0 Å². The van der Waals surface area contributed by atoms with E-state index in [0.717, 1.165) is 5.56 Å². The van der Waals surface area contributed by atoms with Crippen LogP contribution in [0.5, 0.6) is 5.75 Å². The maximum Gasteiger partial charge on any atom is 0.266 e. The highest BCUT2D eigenvalue weighted by molar-refractivity contribution is 9.11. The number of fused-ring (bicyclic) bond motifs is 1. The summed E-state index contributed by atoms with van der Waals surface area (Å²) in [7, 11) is 1.58. The first-order valence-corrected chi connectivity index (χ1v) is 7.51. The summed E-state index contributed by atoms with van der Waals surface area (Å²) in [4.78, 5) is 27.8. The van der Waals surface area contributed by atoms with Crippen LogP contribution in [0.3, 0.4) is 0 Å². The second-order valence-corrected chi connectivity index (χ2v) is 5.17. The average Bonchev–Trinajstić information content (AvgIpc) is 2.82. The molecule has 0 spiro atoms. The van der Waals surface area contributed by atoms with E-state index in [2.05, 4.69) is 15.9 Å². The minimum absolute atomic E-state index is 0.317. The van der Waals surface area contributed by atoms with Crippen molar-refractivity contribution in [3.05, 3.63) is 70.2 Å². The smallest absolute Gasteiger partial charge is 0.266 e. The number of benzene rings is 2. The molecule has 110 valence electrons. The molecule has 22 heavy (non-hydrogen) atoms. The molecule has 0 saturated heterocycles. The van der Waals surface area contributed by atoms with Crippen LogP contribution in [0.15, 0.2) is 53.5 Å². The van der Waals surface area contributed by atoms with Crippen molar-refractivity contribution in [3.63, 3.8) is 0 Å². The van der Waals surface area contributed by atoms with Crippen LogP contribution in [0, 0.1) is 0 Å². The topological polar surface area (TPSA) is 46.6 Å². The maximum absolute atomic E-state index is 12.5. The molecule has 0 aliphatic carbocycles. The number of nitrogens with zero attached hydrogens (tertiary/aromatic N) is 1. The van der Waals surface area contributed by atoms with Gasteiger partial charge in [0.15, 0.2) is 0 Å². The van der Waals surface area contributed by atoms with Gasteiger partial charge >= 0.3 is 0 Å². The van der Waals surface area contributed by atoms with Gasteiger partial charge in [-0.3, -0.25) is 9.59 Å². The van der Waals surface area contributed by atoms with E-state index in [9.17, 15) is 9.59 Å². The van der Waals surface area contributed by atoms with E-state index in [1.54, 1.807) is 60.6 Å². The van der Waals surface area contributed by atoms with Crippen LogP contribution in [0.25, 0.3) is 5.70 Å². The monoisotopic (exact) mass is 357 g/mol. The summed E-state index contributed by atoms with van der Waals surface area (Å²) < 4.78 is 5.12. The molecule has 2 aromatic carbocycles. The van der Waals surface area contributed by atoms with Gasteiger partial charge in [-0.25, -0.2) is 4.90 Å². The largest absolute Gasteiger partial charge is 0.497 e. The second-order valence-electron chi connectivity index (χ2n) is 4.71. The fourth-order valence-corrected chi connectivity index (χ4v) is 2.88. The van der Waals surface area contributed by atoms with Crippen LogP contribution in [-0.2, 0) is 0 Å². The van der Waals surface area contributed by atoms with Gasteiger partial charge in [-0.05, 0) is 42.0 Å². The number of carbonyl (C=O) groups excluding carboxylic acids is 2. The first-order valence-electron chi connectivity index (χ1n) is 6.60. The lowest BCUT2D eigenvalue weighted by atomic mass is 10.1. The summed E-state index contributed by atoms with van der Waals surface area (Å²) in [5, 5.41) is 0. The van der Waals surface area contributed by atoms with Crippen molar-refractivity contribution >= 4 is 33.4 Å². The molecule has 2 amide bonds. The lowest BCUT2D eigenvalue weighted by Gasteiger charge is -2.18. The summed E-state index contributed by atoms with van der Waals surface area (Å²) in [5.74, 6) is 0.0734. The van der Waals surface area contributed by atoms with Gasteiger partial charge in [0, 0.05) is 4.99 Å². The fraction of sp³-hybridized carbons (Fsp3) is 0.0588. The number of rotatable bonds is 3. The number of ether oxygens (including phenoxy) is 1. The zero-order chi connectivity index (χ0) is 15.7. The molecule has 2 aromatic rings. The Bertz CT molecular complexity index is 746. The quantitative estimate of drug-likeness (QED) is 0.787. The van der Waals surface area contributed by atoms with Gasteiger partial charge in [0.05, 0.1) is 23.9 Å². The Kier molecular flexibility index (Phi) is 3.81. The van der Waals surface area contributed by atoms with E-state index in [1.807, 2.05) is 0 Å². The van der Waals surface area contributed by atoms with Gasteiger partial charge < -0.3 is 4.74 Å². The molecule has 5 heteroatoms. The Balaban J connectivity index is 2.02. The lowest BCUT2D eigenvalue weighted by Crippen LogP contribution is -2.28. The van der Waals surface area contributed by atoms with Crippen molar-refractivity contribution in [1.82, 2.24) is 4.90 Å². The Labute approximate surface area is 136 Å². The molecular formula is C17H12BrNO3. The number of hydrogen-bond acceptors (Lipinski definition) is 3. The molecule has 0 bridgehead atoms. The summed E-state index contributed by atoms with van der Waals surface area (Å²) >= 11 is 3.26. The second kappa shape index (κ2) is 5.77. The molecule has 0 fully saturated rings. The molecule has 0 atom stereocenters. The lowest BCUT2D eigenvalue weighted by molar-refractivity contribution is 0.0736. The number of methoxy groups -OCH3 is 1. The molecule has 0 aromatic heterocycles. The standard InChI is InChI=1S/C17H12BrNO3/c1-22-12-8-6-11(7-9-12)15(10-18)19-16(20)13-4-2-3-5-14(13)17(19)21/h2-10H,1H3/b15-10-. The van der Waals surface area contributed by atoms with Crippen LogP contribution in [0.4, 0.5) is 0 Å². The predicted molar refractivity (Wildman–Crippen MR) is 86.8 cm³/mol. The Hall–Kier alpha value is -2.40. The number of carbonyl (C=O) groups is 2. The Morgan fingerprint density at radius 2 is 1.55 bits per heavy atom. The van der Waals surface area contributed by atoms with Crippen LogP contribution in [-0.4, -0.2) is 23.8 Å². The van der Waals surface area contributed by atoms with E-state index in [1.165, 1.54) is 4.90 Å².